The summed E-state index contributed by atoms with van der Waals surface area (Å²) in [6.07, 6.45) is 7.68. The Kier molecular flexibility index (Phi) is 4.35. The Morgan fingerprint density at radius 1 is 1.14 bits per heavy atom. The molecule has 2 atom stereocenters. The normalized spacial score (nSPS) is 26.9. The van der Waals surface area contributed by atoms with E-state index in [1.807, 2.05) is 17.0 Å². The molecular weight excluding hydrogens is 366 g/mol. The number of ether oxygens (including phenoxy) is 2. The third-order valence-corrected chi connectivity index (χ3v) is 7.00. The number of carbonyl (C=O) groups is 1. The molecule has 2 saturated heterocycles. The average molecular weight is 393 g/mol. The van der Waals surface area contributed by atoms with Crippen LogP contribution in [0, 0.1) is 11.3 Å². The molecule has 3 aliphatic heterocycles. The van der Waals surface area contributed by atoms with Gasteiger partial charge >= 0.3 is 0 Å². The highest BCUT2D eigenvalue weighted by atomic mass is 16.5. The summed E-state index contributed by atoms with van der Waals surface area (Å²) in [4.78, 5) is 22.6. The third-order valence-electron chi connectivity index (χ3n) is 7.00. The van der Waals surface area contributed by atoms with Gasteiger partial charge in [-0.1, -0.05) is 18.2 Å². The Hall–Kier alpha value is -2.47. The number of hydrogen-bond donors (Lipinski definition) is 0. The van der Waals surface area contributed by atoms with E-state index in [0.29, 0.717) is 11.5 Å². The van der Waals surface area contributed by atoms with Gasteiger partial charge in [-0.2, -0.15) is 0 Å². The summed E-state index contributed by atoms with van der Waals surface area (Å²) in [5.41, 5.74) is 1.56. The molecule has 0 aliphatic carbocycles. The molecule has 2 fully saturated rings. The van der Waals surface area contributed by atoms with Crippen molar-refractivity contribution >= 4 is 5.91 Å². The third kappa shape index (κ3) is 3.19. The van der Waals surface area contributed by atoms with Gasteiger partial charge in [-0.25, -0.2) is 9.97 Å². The summed E-state index contributed by atoms with van der Waals surface area (Å²) in [7, 11) is 0. The van der Waals surface area contributed by atoms with E-state index in [2.05, 4.69) is 35.9 Å². The van der Waals surface area contributed by atoms with Crippen LogP contribution in [-0.2, 0) is 4.74 Å². The molecule has 0 radical (unpaired) electrons. The van der Waals surface area contributed by atoms with E-state index in [4.69, 9.17) is 9.47 Å². The van der Waals surface area contributed by atoms with Crippen LogP contribution >= 0.6 is 0 Å². The minimum atomic E-state index is -0.277. The van der Waals surface area contributed by atoms with Crippen molar-refractivity contribution in [2.75, 3.05) is 19.7 Å². The fraction of sp³-hybridized carbons (Fsp3) is 0.522. The number of carbonyl (C=O) groups excluding carboxylic acids is 1. The fourth-order valence-electron chi connectivity index (χ4n) is 5.22. The lowest BCUT2D eigenvalue weighted by molar-refractivity contribution is -0.173. The van der Waals surface area contributed by atoms with Crippen molar-refractivity contribution in [1.29, 1.82) is 0 Å². The SMILES string of the molecule is CC1(C)Oc2ccccc2[C@H]2OCC3(CCN(C(=O)c4cncnc4)CC3)C[C@@H]21. The molecule has 1 amide bonds. The number of rotatable bonds is 1. The van der Waals surface area contributed by atoms with E-state index in [1.54, 1.807) is 12.4 Å². The number of para-hydroxylation sites is 1. The Labute approximate surface area is 171 Å². The Bertz CT molecular complexity index is 907. The summed E-state index contributed by atoms with van der Waals surface area (Å²) < 4.78 is 12.9. The summed E-state index contributed by atoms with van der Waals surface area (Å²) in [5, 5.41) is 0. The average Bonchev–Trinajstić information content (AvgIpc) is 2.74. The molecule has 0 bridgehead atoms. The quantitative estimate of drug-likeness (QED) is 0.740. The first kappa shape index (κ1) is 18.6. The monoisotopic (exact) mass is 393 g/mol. The molecule has 1 spiro atoms. The fourth-order valence-corrected chi connectivity index (χ4v) is 5.22. The lowest BCUT2D eigenvalue weighted by Gasteiger charge is -2.54. The van der Waals surface area contributed by atoms with Crippen LogP contribution in [0.3, 0.4) is 0 Å². The largest absolute Gasteiger partial charge is 0.487 e. The molecule has 152 valence electrons. The molecule has 1 aromatic heterocycles. The van der Waals surface area contributed by atoms with Gasteiger partial charge in [0.05, 0.1) is 18.3 Å². The van der Waals surface area contributed by atoms with Crippen LogP contribution in [-0.4, -0.2) is 46.1 Å². The van der Waals surface area contributed by atoms with Gasteiger partial charge in [-0.05, 0) is 44.6 Å². The van der Waals surface area contributed by atoms with Crippen molar-refractivity contribution in [3.8, 4) is 5.75 Å². The van der Waals surface area contributed by atoms with Crippen LogP contribution in [0.15, 0.2) is 43.0 Å². The zero-order chi connectivity index (χ0) is 20.1. The van der Waals surface area contributed by atoms with Gasteiger partial charge < -0.3 is 14.4 Å². The molecule has 1 aromatic carbocycles. The first-order valence-electron chi connectivity index (χ1n) is 10.4. The van der Waals surface area contributed by atoms with Crippen LogP contribution in [0.2, 0.25) is 0 Å². The lowest BCUT2D eigenvalue weighted by atomic mass is 9.64. The second-order valence-corrected chi connectivity index (χ2v) is 9.20. The van der Waals surface area contributed by atoms with Gasteiger partial charge in [0, 0.05) is 37.0 Å². The second kappa shape index (κ2) is 6.80. The lowest BCUT2D eigenvalue weighted by Crippen LogP contribution is -2.54. The number of piperidine rings is 1. The van der Waals surface area contributed by atoms with E-state index < -0.39 is 0 Å². The topological polar surface area (TPSA) is 64.6 Å². The van der Waals surface area contributed by atoms with E-state index in [0.717, 1.165) is 44.7 Å². The number of nitrogens with zero attached hydrogens (tertiary/aromatic N) is 3. The van der Waals surface area contributed by atoms with Gasteiger partial charge in [0.25, 0.3) is 5.91 Å². The van der Waals surface area contributed by atoms with Crippen LogP contribution in [0.5, 0.6) is 5.75 Å². The van der Waals surface area contributed by atoms with Crippen LogP contribution in [0.4, 0.5) is 0 Å². The van der Waals surface area contributed by atoms with E-state index >= 15 is 0 Å². The summed E-state index contributed by atoms with van der Waals surface area (Å²) in [6.45, 7) is 6.59. The van der Waals surface area contributed by atoms with Crippen molar-refractivity contribution in [2.45, 2.75) is 44.8 Å². The summed E-state index contributed by atoms with van der Waals surface area (Å²) in [6, 6.07) is 8.24. The van der Waals surface area contributed by atoms with Crippen molar-refractivity contribution in [3.63, 3.8) is 0 Å². The Balaban J connectivity index is 1.32. The Morgan fingerprint density at radius 3 is 2.62 bits per heavy atom. The maximum absolute atomic E-state index is 12.7. The van der Waals surface area contributed by atoms with Gasteiger partial charge in [0.15, 0.2) is 0 Å². The van der Waals surface area contributed by atoms with Crippen molar-refractivity contribution in [1.82, 2.24) is 14.9 Å². The molecule has 4 heterocycles. The van der Waals surface area contributed by atoms with Crippen molar-refractivity contribution in [2.24, 2.45) is 11.3 Å². The molecule has 6 heteroatoms. The molecular formula is C23H27N3O3. The molecule has 6 nitrogen and oxygen atoms in total. The molecule has 3 aliphatic rings. The van der Waals surface area contributed by atoms with Crippen LogP contribution in [0.1, 0.15) is 55.1 Å². The number of fused-ring (bicyclic) bond motifs is 3. The standard InChI is InChI=1S/C23H27N3O3/c1-22(2)18-11-23(14-28-20(18)17-5-3-4-6-19(17)29-22)7-9-26(10-8-23)21(27)16-12-24-15-25-13-16/h3-6,12-13,15,18,20H,7-11,14H2,1-2H3/t18-,20+/m0/s1. The van der Waals surface area contributed by atoms with E-state index in [1.165, 1.54) is 11.9 Å². The van der Waals surface area contributed by atoms with E-state index in [9.17, 15) is 4.79 Å². The maximum atomic E-state index is 12.7. The van der Waals surface area contributed by atoms with Gasteiger partial charge in [-0.3, -0.25) is 4.79 Å². The highest BCUT2D eigenvalue weighted by Crippen LogP contribution is 2.55. The number of aromatic nitrogens is 2. The van der Waals surface area contributed by atoms with Crippen molar-refractivity contribution < 1.29 is 14.3 Å². The molecule has 5 rings (SSSR count). The molecule has 2 aromatic rings. The summed E-state index contributed by atoms with van der Waals surface area (Å²) in [5.74, 6) is 1.27. The smallest absolute Gasteiger partial charge is 0.256 e. The number of amides is 1. The number of benzene rings is 1. The number of hydrogen-bond acceptors (Lipinski definition) is 5. The van der Waals surface area contributed by atoms with Crippen LogP contribution < -0.4 is 4.74 Å². The Morgan fingerprint density at radius 2 is 1.86 bits per heavy atom. The zero-order valence-electron chi connectivity index (χ0n) is 17.0. The minimum absolute atomic E-state index is 0.0188. The first-order valence-corrected chi connectivity index (χ1v) is 10.4. The molecule has 0 N–H and O–H groups in total. The first-order chi connectivity index (χ1) is 14.0. The predicted molar refractivity (Wildman–Crippen MR) is 108 cm³/mol. The van der Waals surface area contributed by atoms with E-state index in [-0.39, 0.29) is 23.0 Å². The van der Waals surface area contributed by atoms with Gasteiger partial charge in [0.2, 0.25) is 0 Å². The molecule has 29 heavy (non-hydrogen) atoms. The highest BCUT2D eigenvalue weighted by molar-refractivity contribution is 5.93. The van der Waals surface area contributed by atoms with Gasteiger partial charge in [-0.15, -0.1) is 0 Å². The van der Waals surface area contributed by atoms with Crippen molar-refractivity contribution in [3.05, 3.63) is 54.1 Å². The maximum Gasteiger partial charge on any atom is 0.256 e. The highest BCUT2D eigenvalue weighted by Gasteiger charge is 2.52. The molecule has 0 saturated carbocycles. The van der Waals surface area contributed by atoms with Gasteiger partial charge in [0.1, 0.15) is 17.7 Å². The molecule has 0 unspecified atom stereocenters. The summed E-state index contributed by atoms with van der Waals surface area (Å²) >= 11 is 0. The van der Waals surface area contributed by atoms with Crippen LogP contribution in [0.25, 0.3) is 0 Å². The predicted octanol–water partition coefficient (Wildman–Crippen LogP) is 3.65. The minimum Gasteiger partial charge on any atom is -0.487 e. The zero-order valence-corrected chi connectivity index (χ0v) is 17.0. The second-order valence-electron chi connectivity index (χ2n) is 9.20. The number of likely N-dealkylation sites (tertiary alicyclic amines) is 1.